The largest absolute Gasteiger partial charge is 0.488 e. The number of fused-ring (bicyclic) bond motifs is 1. The summed E-state index contributed by atoms with van der Waals surface area (Å²) in [6.07, 6.45) is 1.80. The summed E-state index contributed by atoms with van der Waals surface area (Å²) in [6.45, 7) is 14.5. The third kappa shape index (κ3) is 6.52. The topological polar surface area (TPSA) is 72.7 Å². The van der Waals surface area contributed by atoms with E-state index >= 15 is 0 Å². The lowest BCUT2D eigenvalue weighted by Crippen LogP contribution is -2.43. The molecule has 0 fully saturated rings. The van der Waals surface area contributed by atoms with Crippen LogP contribution in [0.25, 0.3) is 0 Å². The number of halogens is 1. The van der Waals surface area contributed by atoms with Gasteiger partial charge in [0.2, 0.25) is 0 Å². The zero-order valence-electron chi connectivity index (χ0n) is 20.4. The van der Waals surface area contributed by atoms with Crippen molar-refractivity contribution in [2.24, 2.45) is 12.0 Å². The van der Waals surface area contributed by atoms with Crippen molar-refractivity contribution in [2.75, 3.05) is 19.7 Å². The van der Waals surface area contributed by atoms with Crippen molar-refractivity contribution in [1.82, 2.24) is 20.4 Å². The van der Waals surface area contributed by atoms with Crippen LogP contribution in [0.1, 0.15) is 50.2 Å². The highest BCUT2D eigenvalue weighted by molar-refractivity contribution is 14.0. The van der Waals surface area contributed by atoms with E-state index in [9.17, 15) is 0 Å². The number of para-hydroxylation sites is 1. The Morgan fingerprint density at radius 1 is 1.34 bits per heavy atom. The molecule has 1 aromatic heterocycles. The molecular formula is C24H38IN5O2. The SMILES string of the molecule is CCNC(=NCCOc1cccc2c1OC(C)(C)C2)NC(C)Cc1c(C)nn(C)c1C.I. The predicted molar refractivity (Wildman–Crippen MR) is 141 cm³/mol. The fraction of sp³-hybridized carbons (Fsp3) is 0.583. The first-order valence-corrected chi connectivity index (χ1v) is 11.2. The molecule has 0 amide bonds. The summed E-state index contributed by atoms with van der Waals surface area (Å²) >= 11 is 0. The van der Waals surface area contributed by atoms with Crippen LogP contribution in [0.2, 0.25) is 0 Å². The molecule has 8 heteroatoms. The summed E-state index contributed by atoms with van der Waals surface area (Å²) < 4.78 is 14.0. The first-order chi connectivity index (χ1) is 14.7. The maximum Gasteiger partial charge on any atom is 0.191 e. The van der Waals surface area contributed by atoms with E-state index in [1.165, 1.54) is 16.8 Å². The van der Waals surface area contributed by atoms with Crippen molar-refractivity contribution in [1.29, 1.82) is 0 Å². The Hall–Kier alpha value is -1.97. The molecule has 0 radical (unpaired) electrons. The normalized spacial score (nSPS) is 15.4. The average molecular weight is 556 g/mol. The van der Waals surface area contributed by atoms with Gasteiger partial charge in [-0.15, -0.1) is 24.0 Å². The molecule has 2 heterocycles. The molecule has 32 heavy (non-hydrogen) atoms. The highest BCUT2D eigenvalue weighted by atomic mass is 127. The van der Waals surface area contributed by atoms with E-state index in [0.717, 1.165) is 42.5 Å². The minimum absolute atomic E-state index is 0. The van der Waals surface area contributed by atoms with Gasteiger partial charge in [0.15, 0.2) is 17.5 Å². The number of aryl methyl sites for hydroxylation is 2. The van der Waals surface area contributed by atoms with E-state index in [0.29, 0.717) is 13.2 Å². The number of guanidine groups is 1. The summed E-state index contributed by atoms with van der Waals surface area (Å²) in [6, 6.07) is 6.33. The van der Waals surface area contributed by atoms with Crippen molar-refractivity contribution >= 4 is 29.9 Å². The van der Waals surface area contributed by atoms with Gasteiger partial charge in [0.05, 0.1) is 12.2 Å². The fourth-order valence-electron chi connectivity index (χ4n) is 4.04. The van der Waals surface area contributed by atoms with Crippen molar-refractivity contribution in [3.05, 3.63) is 40.7 Å². The molecule has 0 aliphatic carbocycles. The summed E-state index contributed by atoms with van der Waals surface area (Å²) in [5, 5.41) is 11.3. The monoisotopic (exact) mass is 555 g/mol. The van der Waals surface area contributed by atoms with Crippen molar-refractivity contribution < 1.29 is 9.47 Å². The number of rotatable bonds is 8. The Kier molecular flexibility index (Phi) is 9.24. The molecule has 1 aromatic carbocycles. The summed E-state index contributed by atoms with van der Waals surface area (Å²) in [5.74, 6) is 2.47. The van der Waals surface area contributed by atoms with Gasteiger partial charge in [-0.25, -0.2) is 4.99 Å². The number of aromatic nitrogens is 2. The maximum atomic E-state index is 6.08. The molecule has 0 bridgehead atoms. The van der Waals surface area contributed by atoms with Crippen LogP contribution >= 0.6 is 24.0 Å². The Bertz CT molecular complexity index is 939. The Labute approximate surface area is 209 Å². The van der Waals surface area contributed by atoms with E-state index < -0.39 is 0 Å². The van der Waals surface area contributed by atoms with E-state index in [2.05, 4.69) is 63.3 Å². The molecule has 7 nitrogen and oxygen atoms in total. The van der Waals surface area contributed by atoms with Crippen molar-refractivity contribution in [3.8, 4) is 11.5 Å². The third-order valence-corrected chi connectivity index (χ3v) is 5.57. The van der Waals surface area contributed by atoms with Crippen LogP contribution in [-0.4, -0.2) is 47.1 Å². The molecule has 1 unspecified atom stereocenters. The average Bonchev–Trinajstić information content (AvgIpc) is 3.14. The molecule has 2 N–H and O–H groups in total. The second kappa shape index (κ2) is 11.2. The van der Waals surface area contributed by atoms with Gasteiger partial charge < -0.3 is 20.1 Å². The van der Waals surface area contributed by atoms with Crippen LogP contribution in [-0.2, 0) is 19.9 Å². The van der Waals surface area contributed by atoms with Crippen LogP contribution in [0.5, 0.6) is 11.5 Å². The quantitative estimate of drug-likeness (QED) is 0.224. The van der Waals surface area contributed by atoms with Gasteiger partial charge in [0.1, 0.15) is 12.2 Å². The van der Waals surface area contributed by atoms with Crippen LogP contribution in [0.3, 0.4) is 0 Å². The van der Waals surface area contributed by atoms with E-state index in [1.807, 2.05) is 23.9 Å². The zero-order chi connectivity index (χ0) is 22.6. The molecule has 3 rings (SSSR count). The molecule has 0 saturated carbocycles. The molecule has 0 spiro atoms. The highest BCUT2D eigenvalue weighted by Crippen LogP contribution is 2.41. The lowest BCUT2D eigenvalue weighted by atomic mass is 10.0. The smallest absolute Gasteiger partial charge is 0.191 e. The first kappa shape index (κ1) is 26.3. The Morgan fingerprint density at radius 3 is 2.75 bits per heavy atom. The minimum atomic E-state index is -0.177. The standard InChI is InChI=1S/C24H37N5O2.HI/c1-8-25-23(27-16(2)14-20-17(3)28-29(7)18(20)4)26-12-13-30-21-11-9-10-19-15-24(5,6)31-22(19)21;/h9-11,16H,8,12-15H2,1-7H3,(H2,25,26,27);1H. The number of aliphatic imine (C=N–C) groups is 1. The molecule has 1 aliphatic rings. The van der Waals surface area contributed by atoms with E-state index in [1.54, 1.807) is 0 Å². The second-order valence-corrected chi connectivity index (χ2v) is 8.91. The number of ether oxygens (including phenoxy) is 2. The third-order valence-electron chi connectivity index (χ3n) is 5.57. The van der Waals surface area contributed by atoms with Gasteiger partial charge in [-0.05, 0) is 59.6 Å². The lowest BCUT2D eigenvalue weighted by Gasteiger charge is -2.19. The van der Waals surface area contributed by atoms with Gasteiger partial charge in [-0.3, -0.25) is 4.68 Å². The van der Waals surface area contributed by atoms with Crippen molar-refractivity contribution in [2.45, 2.75) is 66.0 Å². The predicted octanol–water partition coefficient (Wildman–Crippen LogP) is 3.93. The van der Waals surface area contributed by atoms with Crippen LogP contribution < -0.4 is 20.1 Å². The minimum Gasteiger partial charge on any atom is -0.488 e. The lowest BCUT2D eigenvalue weighted by molar-refractivity contribution is 0.132. The van der Waals surface area contributed by atoms with E-state index in [4.69, 9.17) is 14.5 Å². The summed E-state index contributed by atoms with van der Waals surface area (Å²) in [4.78, 5) is 4.69. The number of hydrogen-bond donors (Lipinski definition) is 2. The van der Waals surface area contributed by atoms with Crippen LogP contribution in [0.15, 0.2) is 23.2 Å². The molecule has 1 atom stereocenters. The molecule has 178 valence electrons. The second-order valence-electron chi connectivity index (χ2n) is 8.91. The number of nitrogens with zero attached hydrogens (tertiary/aromatic N) is 3. The molecular weight excluding hydrogens is 517 g/mol. The maximum absolute atomic E-state index is 6.08. The van der Waals surface area contributed by atoms with Gasteiger partial charge in [-0.2, -0.15) is 5.10 Å². The van der Waals surface area contributed by atoms with Gasteiger partial charge in [-0.1, -0.05) is 12.1 Å². The summed E-state index contributed by atoms with van der Waals surface area (Å²) in [5.41, 5.74) is 4.62. The fourth-order valence-corrected chi connectivity index (χ4v) is 4.04. The number of hydrogen-bond acceptors (Lipinski definition) is 4. The Morgan fingerprint density at radius 2 is 2.09 bits per heavy atom. The Balaban J connectivity index is 0.00000363. The zero-order valence-corrected chi connectivity index (χ0v) is 22.7. The summed E-state index contributed by atoms with van der Waals surface area (Å²) in [7, 11) is 1.99. The van der Waals surface area contributed by atoms with Gasteiger partial charge >= 0.3 is 0 Å². The first-order valence-electron chi connectivity index (χ1n) is 11.2. The molecule has 2 aromatic rings. The highest BCUT2D eigenvalue weighted by Gasteiger charge is 2.32. The van der Waals surface area contributed by atoms with Crippen molar-refractivity contribution in [3.63, 3.8) is 0 Å². The van der Waals surface area contributed by atoms with Gasteiger partial charge in [0, 0.05) is 37.3 Å². The van der Waals surface area contributed by atoms with E-state index in [-0.39, 0.29) is 35.6 Å². The molecule has 0 saturated heterocycles. The molecule has 1 aliphatic heterocycles. The number of nitrogens with one attached hydrogen (secondary N) is 2. The van der Waals surface area contributed by atoms with Gasteiger partial charge in [0.25, 0.3) is 0 Å². The van der Waals surface area contributed by atoms with Crippen LogP contribution in [0, 0.1) is 13.8 Å². The van der Waals surface area contributed by atoms with Crippen LogP contribution in [0.4, 0.5) is 0 Å². The number of benzene rings is 1.